The minimum Gasteiger partial charge on any atom is -0.481 e. The maximum atomic E-state index is 13.1. The largest absolute Gasteiger partial charge is 0.481 e. The maximum absolute atomic E-state index is 13.1. The number of likely N-dealkylation sites (tertiary alicyclic amines) is 1. The van der Waals surface area contributed by atoms with Crippen LogP contribution >= 0.6 is 0 Å². The molecule has 4 rings (SSSR count). The molecule has 1 aromatic heterocycles. The average Bonchev–Trinajstić information content (AvgIpc) is 3.23. The van der Waals surface area contributed by atoms with Gasteiger partial charge >= 0.3 is 12.0 Å². The summed E-state index contributed by atoms with van der Waals surface area (Å²) in [6, 6.07) is 8.19. The summed E-state index contributed by atoms with van der Waals surface area (Å²) >= 11 is 0. The van der Waals surface area contributed by atoms with E-state index in [0.717, 1.165) is 24.8 Å². The van der Waals surface area contributed by atoms with Gasteiger partial charge in [-0.1, -0.05) is 42.5 Å². The molecule has 36 heavy (non-hydrogen) atoms. The lowest BCUT2D eigenvalue weighted by Gasteiger charge is -2.28. The number of allylic oxidation sites excluding steroid dienone is 2. The van der Waals surface area contributed by atoms with E-state index in [1.54, 1.807) is 18.9 Å². The number of hydrogen-bond donors (Lipinski definition) is 2. The van der Waals surface area contributed by atoms with E-state index >= 15 is 0 Å². The Morgan fingerprint density at radius 1 is 1.25 bits per heavy atom. The van der Waals surface area contributed by atoms with Gasteiger partial charge in [-0.2, -0.15) is 4.80 Å². The highest BCUT2D eigenvalue weighted by atomic mass is 16.4. The number of primary amides is 1. The number of nitrogens with two attached hydrogens (primary N) is 1. The van der Waals surface area contributed by atoms with Crippen molar-refractivity contribution in [2.24, 2.45) is 17.1 Å². The Hall–Kier alpha value is -3.76. The molecule has 0 spiro atoms. The van der Waals surface area contributed by atoms with Crippen molar-refractivity contribution in [1.29, 1.82) is 0 Å². The summed E-state index contributed by atoms with van der Waals surface area (Å²) in [6.07, 6.45) is 7.53. The van der Waals surface area contributed by atoms with Gasteiger partial charge < -0.3 is 20.6 Å². The van der Waals surface area contributed by atoms with Crippen molar-refractivity contribution in [2.75, 3.05) is 20.1 Å². The number of aromatic nitrogens is 4. The second-order valence-electron chi connectivity index (χ2n) is 9.92. The lowest BCUT2D eigenvalue weighted by Crippen LogP contribution is -2.48. The molecule has 2 aliphatic rings. The van der Waals surface area contributed by atoms with Gasteiger partial charge in [-0.05, 0) is 43.7 Å². The first kappa shape index (κ1) is 25.3. The number of urea groups is 1. The predicted octanol–water partition coefficient (Wildman–Crippen LogP) is 2.33. The van der Waals surface area contributed by atoms with Gasteiger partial charge in [0.15, 0.2) is 0 Å². The fourth-order valence-corrected chi connectivity index (χ4v) is 4.66. The van der Waals surface area contributed by atoms with E-state index in [1.165, 1.54) is 9.70 Å². The molecule has 0 bridgehead atoms. The lowest BCUT2D eigenvalue weighted by atomic mass is 10.1. The zero-order valence-corrected chi connectivity index (χ0v) is 20.7. The molecule has 2 heterocycles. The van der Waals surface area contributed by atoms with Gasteiger partial charge in [-0.15, -0.1) is 10.2 Å². The molecule has 1 aliphatic carbocycles. The minimum absolute atomic E-state index is 0.108. The number of unbranched alkanes of at least 4 members (excludes halogenated alkanes) is 2. The summed E-state index contributed by atoms with van der Waals surface area (Å²) in [5, 5.41) is 21.9. The fraction of sp³-hybridized carbons (Fsp3) is 0.520. The van der Waals surface area contributed by atoms with Gasteiger partial charge in [-0.3, -0.25) is 9.59 Å². The summed E-state index contributed by atoms with van der Waals surface area (Å²) in [5.74, 6) is -0.707. The van der Waals surface area contributed by atoms with Crippen LogP contribution < -0.4 is 5.73 Å². The van der Waals surface area contributed by atoms with Crippen LogP contribution in [0, 0.1) is 11.3 Å². The number of carbonyl (C=O) groups excluding carboxylic acids is 2. The third kappa shape index (κ3) is 5.39. The summed E-state index contributed by atoms with van der Waals surface area (Å²) < 4.78 is 0. The Balaban J connectivity index is 1.27. The highest BCUT2D eigenvalue weighted by Crippen LogP contribution is 2.53. The Kier molecular flexibility index (Phi) is 7.37. The highest BCUT2D eigenvalue weighted by molar-refractivity contribution is 5.86. The number of aliphatic carboxylic acids is 1. The van der Waals surface area contributed by atoms with Gasteiger partial charge in [0.05, 0.1) is 11.5 Å². The van der Waals surface area contributed by atoms with E-state index in [2.05, 4.69) is 15.4 Å². The molecule has 192 valence electrons. The van der Waals surface area contributed by atoms with Crippen molar-refractivity contribution in [2.45, 2.75) is 51.1 Å². The quantitative estimate of drug-likeness (QED) is 0.380. The Bertz CT molecular complexity index is 1130. The number of tetrazole rings is 1. The maximum Gasteiger partial charge on any atom is 0.320 e. The van der Waals surface area contributed by atoms with Crippen LogP contribution in [-0.4, -0.2) is 79.2 Å². The van der Waals surface area contributed by atoms with Crippen LogP contribution in [0.2, 0.25) is 0 Å². The third-order valence-corrected chi connectivity index (χ3v) is 7.24. The standard InChI is InChI=1S/C25H33N7O4/c1-25(23(34)35)15-18(25)12-8-3-4-9-13-30(2)24(36)31-16-19(14-20(31)21(26)33)32-28-22(27-29-32)17-10-6-5-7-11-17/h5-8,10-12,18-20H,3-4,9,13-16H2,1-2H3,(H2,26,33)(H,34,35)/b12-8-/t18-,19+,20-,25+/m0/s1. The van der Waals surface area contributed by atoms with E-state index in [9.17, 15) is 19.5 Å². The number of carbonyl (C=O) groups is 3. The van der Waals surface area contributed by atoms with Gasteiger partial charge in [0.1, 0.15) is 6.04 Å². The minimum atomic E-state index is -0.744. The Morgan fingerprint density at radius 3 is 2.67 bits per heavy atom. The molecular weight excluding hydrogens is 462 g/mol. The molecule has 3 amide bonds. The van der Waals surface area contributed by atoms with Crippen molar-refractivity contribution in [3.63, 3.8) is 0 Å². The normalized spacial score (nSPS) is 25.3. The lowest BCUT2D eigenvalue weighted by molar-refractivity contribution is -0.143. The van der Waals surface area contributed by atoms with Crippen LogP contribution in [0.15, 0.2) is 42.5 Å². The van der Waals surface area contributed by atoms with Crippen molar-refractivity contribution in [1.82, 2.24) is 30.0 Å². The molecule has 1 aliphatic heterocycles. The van der Waals surface area contributed by atoms with Gasteiger partial charge in [0, 0.05) is 32.1 Å². The molecule has 11 heteroatoms. The van der Waals surface area contributed by atoms with Crippen molar-refractivity contribution >= 4 is 17.9 Å². The number of rotatable bonds is 10. The van der Waals surface area contributed by atoms with Crippen LogP contribution in [-0.2, 0) is 9.59 Å². The summed E-state index contributed by atoms with van der Waals surface area (Å²) in [6.45, 7) is 2.58. The van der Waals surface area contributed by atoms with E-state index in [0.29, 0.717) is 25.2 Å². The zero-order chi connectivity index (χ0) is 25.9. The molecule has 1 saturated carbocycles. The van der Waals surface area contributed by atoms with E-state index in [-0.39, 0.29) is 24.5 Å². The molecule has 2 fully saturated rings. The molecule has 3 N–H and O–H groups in total. The van der Waals surface area contributed by atoms with Crippen LogP contribution in [0.25, 0.3) is 11.4 Å². The van der Waals surface area contributed by atoms with Gasteiger partial charge in [0.25, 0.3) is 0 Å². The van der Waals surface area contributed by atoms with Crippen LogP contribution in [0.1, 0.15) is 45.1 Å². The summed E-state index contributed by atoms with van der Waals surface area (Å²) in [7, 11) is 1.72. The van der Waals surface area contributed by atoms with E-state index in [1.807, 2.05) is 42.5 Å². The number of hydrogen-bond acceptors (Lipinski definition) is 6. The molecule has 1 aromatic carbocycles. The molecular formula is C25H33N7O4. The second kappa shape index (κ2) is 10.5. The van der Waals surface area contributed by atoms with E-state index < -0.39 is 23.3 Å². The number of nitrogens with zero attached hydrogens (tertiary/aromatic N) is 6. The zero-order valence-electron chi connectivity index (χ0n) is 20.7. The fourth-order valence-electron chi connectivity index (χ4n) is 4.66. The first-order chi connectivity index (χ1) is 17.2. The third-order valence-electron chi connectivity index (χ3n) is 7.24. The van der Waals surface area contributed by atoms with Crippen molar-refractivity contribution in [3.05, 3.63) is 42.5 Å². The number of amides is 3. The summed E-state index contributed by atoms with van der Waals surface area (Å²) in [4.78, 5) is 41.0. The molecule has 0 radical (unpaired) electrons. The summed E-state index contributed by atoms with van der Waals surface area (Å²) in [5.41, 5.74) is 5.85. The topological polar surface area (TPSA) is 148 Å². The van der Waals surface area contributed by atoms with Crippen LogP contribution in [0.3, 0.4) is 0 Å². The molecule has 11 nitrogen and oxygen atoms in total. The smallest absolute Gasteiger partial charge is 0.320 e. The van der Waals surface area contributed by atoms with Crippen molar-refractivity contribution < 1.29 is 19.5 Å². The first-order valence-electron chi connectivity index (χ1n) is 12.3. The predicted molar refractivity (Wildman–Crippen MR) is 131 cm³/mol. The van der Waals surface area contributed by atoms with Gasteiger partial charge in [-0.25, -0.2) is 4.79 Å². The second-order valence-corrected chi connectivity index (χ2v) is 9.92. The van der Waals surface area contributed by atoms with E-state index in [4.69, 9.17) is 5.73 Å². The Labute approximate surface area is 209 Å². The Morgan fingerprint density at radius 2 is 2.00 bits per heavy atom. The number of carboxylic acid groups (broad SMARTS) is 1. The average molecular weight is 496 g/mol. The molecule has 1 saturated heterocycles. The molecule has 4 atom stereocenters. The number of carboxylic acids is 1. The van der Waals surface area contributed by atoms with Gasteiger partial charge in [0.2, 0.25) is 11.7 Å². The highest BCUT2D eigenvalue weighted by Gasteiger charge is 2.54. The molecule has 2 aromatic rings. The van der Waals surface area contributed by atoms with Crippen LogP contribution in [0.4, 0.5) is 4.79 Å². The monoisotopic (exact) mass is 495 g/mol. The van der Waals surface area contributed by atoms with Crippen LogP contribution in [0.5, 0.6) is 0 Å². The first-order valence-corrected chi connectivity index (χ1v) is 12.3. The van der Waals surface area contributed by atoms with Crippen molar-refractivity contribution in [3.8, 4) is 11.4 Å². The molecule has 0 unspecified atom stereocenters. The SMILES string of the molecule is CN(CCCC/C=C\[C@H]1C[C@@]1(C)C(=O)O)C(=O)N1C[C@H](n2nnc(-c3ccccc3)n2)C[C@H]1C(N)=O. The number of benzene rings is 1.